The van der Waals surface area contributed by atoms with E-state index in [1.165, 1.54) is 0 Å². The van der Waals surface area contributed by atoms with Gasteiger partial charge in [-0.25, -0.2) is 20.0 Å². The molecule has 13 rings (SSSR count). The van der Waals surface area contributed by atoms with Gasteiger partial charge in [0.15, 0.2) is 0 Å². The van der Waals surface area contributed by atoms with E-state index in [2.05, 4.69) is 269 Å². The third-order valence-electron chi connectivity index (χ3n) is 18.9. The molecule has 7 aliphatic rings. The molecular weight excluding hydrogens is 1220 g/mol. The lowest BCUT2D eigenvalue weighted by molar-refractivity contribution is 0.00578. The van der Waals surface area contributed by atoms with Crippen LogP contribution in [0.4, 0.5) is 0 Å². The van der Waals surface area contributed by atoms with E-state index in [1.807, 2.05) is 24.3 Å². The Morgan fingerprint density at radius 3 is 0.630 bits per heavy atom. The van der Waals surface area contributed by atoms with E-state index in [1.54, 1.807) is 0 Å². The molecule has 92 heavy (non-hydrogen) atoms. The smallest absolute Gasteiger partial charge is 0.475 e. The van der Waals surface area contributed by atoms with Crippen molar-refractivity contribution in [2.45, 2.75) is 194 Å². The van der Waals surface area contributed by atoms with Gasteiger partial charge < -0.3 is 46.9 Å². The first-order chi connectivity index (χ1) is 42.8. The number of aliphatic imine (C=N–C) groups is 4. The van der Waals surface area contributed by atoms with E-state index in [4.69, 9.17) is 61.9 Å². The van der Waals surface area contributed by atoms with Gasteiger partial charge in [-0.1, -0.05) is 70.5 Å². The first kappa shape index (κ1) is 67.1. The molecule has 0 saturated carbocycles. The molecule has 6 aromatic rings. The number of nitrogens with zero attached hydrogens (tertiary/aromatic N) is 4. The Morgan fingerprint density at radius 2 is 0.446 bits per heavy atom. The molecule has 7 aliphatic heterocycles. The summed E-state index contributed by atoms with van der Waals surface area (Å²) in [5.41, 5.74) is 10.2. The van der Waals surface area contributed by atoms with Gasteiger partial charge in [0.25, 0.3) is 0 Å². The molecular formula is C74H90B3BrN4O10. The number of hydrogen-bond donors (Lipinski definition) is 0. The molecule has 0 amide bonds. The van der Waals surface area contributed by atoms with Crippen LogP contribution in [0.25, 0.3) is 33.4 Å². The molecule has 0 aliphatic carbocycles. The van der Waals surface area contributed by atoms with Gasteiger partial charge in [0.05, 0.1) is 55.8 Å². The van der Waals surface area contributed by atoms with Crippen LogP contribution in [-0.4, -0.2) is 127 Å². The van der Waals surface area contributed by atoms with Crippen LogP contribution in [0, 0.1) is 0 Å². The van der Waals surface area contributed by atoms with Crippen LogP contribution >= 0.6 is 15.9 Å². The molecule has 0 spiro atoms. The van der Waals surface area contributed by atoms with E-state index in [-0.39, 0.29) is 22.2 Å². The summed E-state index contributed by atoms with van der Waals surface area (Å²) in [6.45, 7) is 43.8. The van der Waals surface area contributed by atoms with Gasteiger partial charge in [0.2, 0.25) is 23.6 Å². The lowest BCUT2D eigenvalue weighted by Gasteiger charge is -2.32. The number of rotatable bonds is 10. The molecule has 0 radical (unpaired) electrons. The maximum atomic E-state index is 6.36. The van der Waals surface area contributed by atoms with Crippen molar-refractivity contribution in [3.8, 4) is 33.4 Å². The lowest BCUT2D eigenvalue weighted by atomic mass is 9.66. The van der Waals surface area contributed by atoms with Crippen molar-refractivity contribution in [1.82, 2.24) is 0 Å². The van der Waals surface area contributed by atoms with Crippen molar-refractivity contribution in [3.05, 3.63) is 160 Å². The highest BCUT2D eigenvalue weighted by atomic mass is 79.9. The highest BCUT2D eigenvalue weighted by molar-refractivity contribution is 9.10. The molecule has 482 valence electrons. The Hall–Kier alpha value is -6.37. The lowest BCUT2D eigenvalue weighted by Crippen LogP contribution is -2.47. The van der Waals surface area contributed by atoms with Crippen LogP contribution in [0.1, 0.15) is 161 Å². The van der Waals surface area contributed by atoms with E-state index in [0.717, 1.165) is 82.4 Å². The minimum Gasteiger partial charge on any atom is -0.475 e. The second kappa shape index (κ2) is 24.1. The zero-order chi connectivity index (χ0) is 66.4. The maximum absolute atomic E-state index is 6.36. The summed E-state index contributed by atoms with van der Waals surface area (Å²) >= 11 is 3.40. The van der Waals surface area contributed by atoms with Gasteiger partial charge in [0.1, 0.15) is 26.4 Å². The van der Waals surface area contributed by atoms with Gasteiger partial charge >= 0.3 is 21.4 Å². The largest absolute Gasteiger partial charge is 0.494 e. The summed E-state index contributed by atoms with van der Waals surface area (Å²) in [5.74, 6) is 2.88. The summed E-state index contributed by atoms with van der Waals surface area (Å²) in [7, 11) is -1.55. The van der Waals surface area contributed by atoms with E-state index < -0.39 is 55.0 Å². The van der Waals surface area contributed by atoms with Crippen LogP contribution in [0.2, 0.25) is 0 Å². The summed E-state index contributed by atoms with van der Waals surface area (Å²) < 4.78 is 62.4. The SMILES string of the molecule is CC1(C)COC(c2ccc(-c3cc(-c4ccc(C5=NC(C)(C)CO5)cc4)cc(-c4ccc(C5=NC(C)(C)CO5)cc4)c3)cc2)=N1.CC1(C)COC(c2ccc(Br)cc2)=N1.CC1(C)OB(c2cc(B3OC(C)(C)C(C)(C)O3)cc(B3OC(C)(C)C(C)(C)O3)c2)OC1(C)C. The predicted octanol–water partition coefficient (Wildman–Crippen LogP) is 13.9. The van der Waals surface area contributed by atoms with Gasteiger partial charge in [-0.3, -0.25) is 0 Å². The average Bonchev–Trinajstić information content (AvgIpc) is 1.56. The number of halogens is 1. The first-order valence-corrected chi connectivity index (χ1v) is 32.9. The average molecular weight is 1310 g/mol. The van der Waals surface area contributed by atoms with Crippen LogP contribution in [0.5, 0.6) is 0 Å². The normalized spacial score (nSPS) is 22.5. The fourth-order valence-electron chi connectivity index (χ4n) is 11.1. The van der Waals surface area contributed by atoms with Crippen molar-refractivity contribution in [3.63, 3.8) is 0 Å². The topological polar surface area (TPSA) is 142 Å². The van der Waals surface area contributed by atoms with E-state index in [9.17, 15) is 0 Å². The summed E-state index contributed by atoms with van der Waals surface area (Å²) in [5, 5.41) is 0. The van der Waals surface area contributed by atoms with Crippen LogP contribution in [0.3, 0.4) is 0 Å². The Kier molecular flexibility index (Phi) is 17.6. The summed E-state index contributed by atoms with van der Waals surface area (Å²) in [6.07, 6.45) is 0. The maximum Gasteiger partial charge on any atom is 0.494 e. The zero-order valence-corrected chi connectivity index (χ0v) is 59.1. The fraction of sp³-hybridized carbons (Fsp3) is 0.459. The Bertz CT molecular complexity index is 3460. The summed E-state index contributed by atoms with van der Waals surface area (Å²) in [6, 6.07) is 46.4. The molecule has 14 nitrogen and oxygen atoms in total. The monoisotopic (exact) mass is 1310 g/mol. The second-order valence-corrected chi connectivity index (χ2v) is 31.7. The van der Waals surface area contributed by atoms with Gasteiger partial charge in [-0.15, -0.1) is 0 Å². The Labute approximate surface area is 555 Å². The van der Waals surface area contributed by atoms with Gasteiger partial charge in [0, 0.05) is 26.7 Å². The molecule has 3 saturated heterocycles. The van der Waals surface area contributed by atoms with Crippen LogP contribution < -0.4 is 16.4 Å². The van der Waals surface area contributed by atoms with E-state index in [0.29, 0.717) is 44.1 Å². The van der Waals surface area contributed by atoms with Gasteiger partial charge in [-0.05, 0) is 267 Å². The molecule has 3 fully saturated rings. The van der Waals surface area contributed by atoms with E-state index >= 15 is 0 Å². The third kappa shape index (κ3) is 14.5. The Balaban J connectivity index is 0.000000160. The summed E-state index contributed by atoms with van der Waals surface area (Å²) in [4.78, 5) is 18.7. The highest BCUT2D eigenvalue weighted by Crippen LogP contribution is 2.41. The Morgan fingerprint density at radius 1 is 0.261 bits per heavy atom. The molecule has 7 heterocycles. The molecule has 0 atom stereocenters. The van der Waals surface area contributed by atoms with Gasteiger partial charge in [-0.2, -0.15) is 0 Å². The molecule has 0 N–H and O–H groups in total. The minimum absolute atomic E-state index is 0.0809. The molecule has 6 aromatic carbocycles. The van der Waals surface area contributed by atoms with Crippen molar-refractivity contribution in [2.75, 3.05) is 26.4 Å². The van der Waals surface area contributed by atoms with Crippen molar-refractivity contribution >= 4 is 77.3 Å². The number of ether oxygens (including phenoxy) is 4. The third-order valence-corrected chi connectivity index (χ3v) is 19.4. The quantitative estimate of drug-likeness (QED) is 0.122. The minimum atomic E-state index is -0.515. The van der Waals surface area contributed by atoms with Crippen molar-refractivity contribution in [2.24, 2.45) is 20.0 Å². The predicted molar refractivity (Wildman–Crippen MR) is 377 cm³/mol. The highest BCUT2D eigenvalue weighted by Gasteiger charge is 2.56. The second-order valence-electron chi connectivity index (χ2n) is 30.8. The number of benzene rings is 6. The molecule has 0 unspecified atom stereocenters. The molecule has 18 heteroatoms. The fourth-order valence-corrected chi connectivity index (χ4v) is 11.4. The molecule has 0 bridgehead atoms. The van der Waals surface area contributed by atoms with Crippen molar-refractivity contribution < 1.29 is 46.9 Å². The standard InChI is InChI=1S/C39H39N3O3.C24H39B3O6.C11H12BrNO/c1-37(2)22-43-34(40-37)28-13-7-25(8-14-28)31-19-32(26-9-15-29(16-10-26)35-41-38(3,4)23-44-35)21-33(20-31)27-11-17-30(18-12-27)36-42-39(5,6)24-45-36;1-19(2)20(3,4)29-25(28-19)16-13-17(26-30-21(5,6)22(7,8)31-26)15-18(14-16)27-32-23(9,10)24(11,12)33-27;1-11(2)7-14-10(13-11)8-3-5-9(12)6-4-8/h7-21H,22-24H2,1-6H3;13-15H,1-12H3;3-6H,7H2,1-2H3. The number of hydrogen-bond acceptors (Lipinski definition) is 14. The first-order valence-electron chi connectivity index (χ1n) is 32.1. The molecule has 0 aromatic heterocycles. The van der Waals surface area contributed by atoms with Crippen LogP contribution in [-0.2, 0) is 46.9 Å². The van der Waals surface area contributed by atoms with Crippen molar-refractivity contribution in [1.29, 1.82) is 0 Å². The zero-order valence-electron chi connectivity index (χ0n) is 57.5. The van der Waals surface area contributed by atoms with Crippen LogP contribution in [0.15, 0.2) is 158 Å².